The summed E-state index contributed by atoms with van der Waals surface area (Å²) < 4.78 is 143. The average Bonchev–Trinajstić information content (AvgIpc) is 2.35. The maximum absolute atomic E-state index is 12.1. The van der Waals surface area contributed by atoms with Crippen LogP contribution in [0.4, 0.5) is 52.7 Å². The van der Waals surface area contributed by atoms with E-state index >= 15 is 0 Å². The summed E-state index contributed by atoms with van der Waals surface area (Å²) in [4.78, 5) is 0. The molecule has 0 aliphatic heterocycles. The molecule has 0 aromatic rings. The van der Waals surface area contributed by atoms with Gasteiger partial charge in [-0.2, -0.15) is 35.1 Å². The summed E-state index contributed by atoms with van der Waals surface area (Å²) in [6.07, 6.45) is -7.00. The van der Waals surface area contributed by atoms with E-state index in [0.29, 0.717) is 0 Å². The van der Waals surface area contributed by atoms with E-state index in [4.69, 9.17) is 0 Å². The Morgan fingerprint density at radius 3 is 0.704 bits per heavy atom. The molecule has 0 aromatic carbocycles. The first-order valence-electron chi connectivity index (χ1n) is 5.87. The Labute approximate surface area is 157 Å². The van der Waals surface area contributed by atoms with E-state index in [1.807, 2.05) is 0 Å². The summed E-state index contributed by atoms with van der Waals surface area (Å²) in [5.41, 5.74) is 0. The molecule has 0 amide bonds. The maximum Gasteiger partial charge on any atom is 4.00 e. The second-order valence-corrected chi connectivity index (χ2v) is 4.70. The van der Waals surface area contributed by atoms with Crippen molar-refractivity contribution >= 4 is 0 Å². The summed E-state index contributed by atoms with van der Waals surface area (Å²) in [7, 11) is 0. The van der Waals surface area contributed by atoms with E-state index in [2.05, 4.69) is 0 Å². The summed E-state index contributed by atoms with van der Waals surface area (Å²) >= 11 is 0. The van der Waals surface area contributed by atoms with Crippen LogP contribution < -0.4 is 20.4 Å². The average molecular weight is 615 g/mol. The van der Waals surface area contributed by atoms with Crippen LogP contribution in [-0.4, -0.2) is 48.1 Å². The van der Waals surface area contributed by atoms with Gasteiger partial charge in [0.1, 0.15) is 0 Å². The van der Waals surface area contributed by atoms with Crippen LogP contribution in [0.5, 0.6) is 0 Å². The van der Waals surface area contributed by atoms with Gasteiger partial charge in [-0.25, -0.2) is 8.78 Å². The molecule has 0 radical (unpaired) electrons. The molecule has 2 atom stereocenters. The SMILES string of the molecule is CC(F)C(F)(F)C(F)(F)C([O-])([O-])F.CC(F)C(F)(F)C(F)(F)C([O-])([O-])F.[Pt+4]. The van der Waals surface area contributed by atoms with Crippen LogP contribution in [0.25, 0.3) is 0 Å². The van der Waals surface area contributed by atoms with E-state index in [1.165, 1.54) is 0 Å². The molecule has 0 aromatic heterocycles. The maximum atomic E-state index is 12.1. The van der Waals surface area contributed by atoms with Crippen LogP contribution in [0.15, 0.2) is 0 Å². The Hall–Kier alpha value is -0.312. The summed E-state index contributed by atoms with van der Waals surface area (Å²) in [6.45, 7) is -0.0285. The first kappa shape index (κ1) is 31.4. The molecule has 0 rings (SSSR count). The van der Waals surface area contributed by atoms with Gasteiger partial charge in [-0.15, -0.1) is 0 Å². The molecule has 0 N–H and O–H groups in total. The van der Waals surface area contributed by atoms with Crippen molar-refractivity contribution in [1.29, 1.82) is 0 Å². The van der Waals surface area contributed by atoms with Crippen LogP contribution in [0.3, 0.4) is 0 Å². The van der Waals surface area contributed by atoms with Crippen LogP contribution in [-0.2, 0) is 21.1 Å². The summed E-state index contributed by atoms with van der Waals surface area (Å²) in [5, 5.41) is 37.8. The number of hydrogen-bond acceptors (Lipinski definition) is 4. The van der Waals surface area contributed by atoms with Crippen molar-refractivity contribution in [2.24, 2.45) is 0 Å². The van der Waals surface area contributed by atoms with E-state index < -0.39 is 48.1 Å². The molecule has 0 spiro atoms. The number of hydrogen-bond donors (Lipinski definition) is 0. The molecule has 0 heterocycles. The molecular formula is C10H8F12O4Pt. The molecule has 0 bridgehead atoms. The minimum Gasteiger partial charge on any atom is -0.834 e. The predicted molar refractivity (Wildman–Crippen MR) is 48.6 cm³/mol. The van der Waals surface area contributed by atoms with E-state index in [9.17, 15) is 73.1 Å². The molecule has 0 fully saturated rings. The quantitative estimate of drug-likeness (QED) is 0.309. The zero-order valence-electron chi connectivity index (χ0n) is 12.6. The largest absolute Gasteiger partial charge is 4.00 e. The van der Waals surface area contributed by atoms with Gasteiger partial charge in [0.05, 0.1) is 0 Å². The summed E-state index contributed by atoms with van der Waals surface area (Å²) in [5.74, 6) is -23.5. The molecule has 166 valence electrons. The van der Waals surface area contributed by atoms with Gasteiger partial charge < -0.3 is 20.4 Å². The first-order valence-corrected chi connectivity index (χ1v) is 5.87. The molecular weight excluding hydrogens is 607 g/mol. The molecule has 17 heteroatoms. The van der Waals surface area contributed by atoms with Gasteiger partial charge in [0.2, 0.25) is 0 Å². The normalized spacial score (nSPS) is 16.7. The van der Waals surface area contributed by atoms with Crippen molar-refractivity contribution < 1.29 is 94.2 Å². The van der Waals surface area contributed by atoms with Gasteiger partial charge in [0, 0.05) is 12.1 Å². The van der Waals surface area contributed by atoms with Gasteiger partial charge in [-0.1, -0.05) is 0 Å². The zero-order chi connectivity index (χ0) is 22.2. The molecule has 0 aliphatic carbocycles. The van der Waals surface area contributed by atoms with E-state index in [1.54, 1.807) is 0 Å². The van der Waals surface area contributed by atoms with Gasteiger partial charge in [-0.05, 0) is 13.8 Å². The van der Waals surface area contributed by atoms with Crippen molar-refractivity contribution in [2.75, 3.05) is 0 Å². The topological polar surface area (TPSA) is 92.2 Å². The third-order valence-corrected chi connectivity index (χ3v) is 2.59. The van der Waals surface area contributed by atoms with Crippen molar-refractivity contribution in [2.45, 2.75) is 62.0 Å². The number of rotatable bonds is 6. The monoisotopic (exact) mass is 615 g/mol. The molecule has 0 saturated heterocycles. The molecule has 4 nitrogen and oxygen atoms in total. The van der Waals surface area contributed by atoms with Gasteiger partial charge in [0.25, 0.3) is 0 Å². The second kappa shape index (κ2) is 9.01. The van der Waals surface area contributed by atoms with Crippen molar-refractivity contribution in [3.8, 4) is 0 Å². The number of halogens is 12. The number of alkyl halides is 12. The Morgan fingerprint density at radius 2 is 0.667 bits per heavy atom. The second-order valence-electron chi connectivity index (χ2n) is 4.70. The van der Waals surface area contributed by atoms with Crippen LogP contribution in [0, 0.1) is 0 Å². The zero-order valence-corrected chi connectivity index (χ0v) is 14.9. The van der Waals surface area contributed by atoms with Crippen molar-refractivity contribution in [1.82, 2.24) is 0 Å². The third kappa shape index (κ3) is 6.34. The van der Waals surface area contributed by atoms with Crippen molar-refractivity contribution in [3.05, 3.63) is 0 Å². The van der Waals surface area contributed by atoms with Crippen LogP contribution in [0.2, 0.25) is 0 Å². The van der Waals surface area contributed by atoms with Crippen molar-refractivity contribution in [3.63, 3.8) is 0 Å². The molecule has 27 heavy (non-hydrogen) atoms. The minimum absolute atomic E-state index is 0. The fourth-order valence-electron chi connectivity index (χ4n) is 0.898. The molecule has 2 unspecified atom stereocenters. The van der Waals surface area contributed by atoms with Crippen LogP contribution >= 0.6 is 0 Å². The molecule has 0 saturated carbocycles. The fraction of sp³-hybridized carbons (Fsp3) is 1.00. The Bertz CT molecular complexity index is 416. The standard InChI is InChI=1S/2C5H4F6O2.Pt/c2*1-2(6)3(7,8)4(9,10)5(11,12)13;/h2*2H,1H3;/q2*-2;+4. The third-order valence-electron chi connectivity index (χ3n) is 2.59. The Kier molecular flexibility index (Phi) is 10.5. The molecule has 0 aliphatic rings. The van der Waals surface area contributed by atoms with Gasteiger partial charge in [0.15, 0.2) is 12.3 Å². The van der Waals surface area contributed by atoms with Crippen LogP contribution in [0.1, 0.15) is 13.8 Å². The smallest absolute Gasteiger partial charge is 0.834 e. The summed E-state index contributed by atoms with van der Waals surface area (Å²) in [6, 6.07) is -11.9. The van der Waals surface area contributed by atoms with Gasteiger partial charge in [-0.3, -0.25) is 8.78 Å². The minimum atomic E-state index is -6.13. The first-order chi connectivity index (χ1) is 10.9. The Balaban J connectivity index is -0.000000411. The Morgan fingerprint density at radius 1 is 0.519 bits per heavy atom. The van der Waals surface area contributed by atoms with Gasteiger partial charge >= 0.3 is 44.8 Å². The fourth-order valence-corrected chi connectivity index (χ4v) is 0.898. The van der Waals surface area contributed by atoms with E-state index in [0.717, 1.165) is 0 Å². The van der Waals surface area contributed by atoms with E-state index in [-0.39, 0.29) is 34.9 Å². The predicted octanol–water partition coefficient (Wildman–Crippen LogP) is -0.0847.